The number of hydrogen-bond acceptors (Lipinski definition) is 7. The molecule has 0 aliphatic rings. The molecular weight excluding hydrogens is 693 g/mol. The van der Waals surface area contributed by atoms with Crippen molar-refractivity contribution in [1.82, 2.24) is 10.6 Å². The van der Waals surface area contributed by atoms with Gasteiger partial charge in [0.2, 0.25) is 0 Å². The van der Waals surface area contributed by atoms with Gasteiger partial charge in [-0.1, -0.05) is 133 Å². The number of ether oxygens (including phenoxy) is 4. The average molecular weight is 737 g/mol. The quantitative estimate of drug-likeness (QED) is 0.0718. The highest BCUT2D eigenvalue weighted by Gasteiger charge is 2.25. The van der Waals surface area contributed by atoms with Gasteiger partial charge in [0.25, 0.3) is 11.8 Å². The Morgan fingerprint density at radius 3 is 1.15 bits per heavy atom. The van der Waals surface area contributed by atoms with E-state index in [0.717, 1.165) is 22.3 Å². The molecule has 0 saturated heterocycles. The highest BCUT2D eigenvalue weighted by Crippen LogP contribution is 2.34. The lowest BCUT2D eigenvalue weighted by Gasteiger charge is -2.23. The lowest BCUT2D eigenvalue weighted by Crippen LogP contribution is -2.48. The molecule has 6 aromatic carbocycles. The van der Waals surface area contributed by atoms with Crippen molar-refractivity contribution < 1.29 is 33.6 Å². The van der Waals surface area contributed by atoms with Crippen molar-refractivity contribution in [3.05, 3.63) is 191 Å². The van der Waals surface area contributed by atoms with Crippen LogP contribution >= 0.6 is 0 Å². The lowest BCUT2D eigenvalue weighted by molar-refractivity contribution is 0.0869. The zero-order chi connectivity index (χ0) is 38.1. The highest BCUT2D eigenvalue weighted by atomic mass is 16.5. The Kier molecular flexibility index (Phi) is 13.9. The summed E-state index contributed by atoms with van der Waals surface area (Å²) in [6, 6.07) is 49.0. The van der Waals surface area contributed by atoms with Gasteiger partial charge in [-0.2, -0.15) is 0 Å². The lowest BCUT2D eigenvalue weighted by atomic mass is 10.1. The van der Waals surface area contributed by atoms with E-state index < -0.39 is 18.0 Å². The van der Waals surface area contributed by atoms with E-state index in [4.69, 9.17) is 18.9 Å². The minimum Gasteiger partial charge on any atom is -0.485 e. The number of aliphatic hydroxyl groups excluding tert-OH is 1. The van der Waals surface area contributed by atoms with Crippen molar-refractivity contribution in [2.75, 3.05) is 6.61 Å². The number of carbonyl (C=O) groups excluding carboxylic acids is 2. The number of para-hydroxylation sites is 2. The summed E-state index contributed by atoms with van der Waals surface area (Å²) in [4.78, 5) is 28.2. The monoisotopic (exact) mass is 736 g/mol. The number of amides is 2. The summed E-state index contributed by atoms with van der Waals surface area (Å²) < 4.78 is 24.9. The summed E-state index contributed by atoms with van der Waals surface area (Å²) in [6.07, 6.45) is -0.290. The number of rotatable bonds is 19. The van der Waals surface area contributed by atoms with E-state index in [1.54, 1.807) is 36.4 Å². The first-order chi connectivity index (χ1) is 27.1. The fourth-order valence-corrected chi connectivity index (χ4v) is 5.79. The molecule has 3 N–H and O–H groups in total. The Balaban J connectivity index is 1.24. The van der Waals surface area contributed by atoms with E-state index >= 15 is 0 Å². The normalized spacial score (nSPS) is 10.7. The van der Waals surface area contributed by atoms with Gasteiger partial charge in [-0.3, -0.25) is 9.59 Å². The Morgan fingerprint density at radius 2 is 0.800 bits per heavy atom. The number of nitrogens with one attached hydrogen (secondary N) is 2. The van der Waals surface area contributed by atoms with Crippen molar-refractivity contribution in [3.8, 4) is 23.0 Å². The Labute approximate surface area is 321 Å². The molecule has 0 radical (unpaired) electrons. The molecule has 6 rings (SSSR count). The maximum atomic E-state index is 14.1. The molecule has 9 nitrogen and oxygen atoms in total. The smallest absolute Gasteiger partial charge is 0.256 e. The van der Waals surface area contributed by atoms with Crippen LogP contribution in [0.1, 0.15) is 55.8 Å². The highest BCUT2D eigenvalue weighted by molar-refractivity contribution is 6.00. The molecule has 9 heteroatoms. The summed E-state index contributed by atoms with van der Waals surface area (Å²) in [5, 5.41) is 15.7. The zero-order valence-electron chi connectivity index (χ0n) is 30.4. The third kappa shape index (κ3) is 11.2. The third-order valence-corrected chi connectivity index (χ3v) is 8.63. The molecule has 0 bridgehead atoms. The predicted octanol–water partition coefficient (Wildman–Crippen LogP) is 8.26. The van der Waals surface area contributed by atoms with Crippen LogP contribution < -0.4 is 29.6 Å². The van der Waals surface area contributed by atoms with Crippen LogP contribution in [0.5, 0.6) is 23.0 Å². The maximum absolute atomic E-state index is 14.1. The number of aliphatic hydroxyl groups is 1. The Bertz CT molecular complexity index is 1950. The van der Waals surface area contributed by atoms with Gasteiger partial charge < -0.3 is 34.7 Å². The molecule has 0 unspecified atom stereocenters. The van der Waals surface area contributed by atoms with E-state index in [2.05, 4.69) is 10.6 Å². The van der Waals surface area contributed by atoms with E-state index in [-0.39, 0.29) is 62.1 Å². The van der Waals surface area contributed by atoms with Gasteiger partial charge in [-0.05, 0) is 59.4 Å². The molecule has 0 fully saturated rings. The molecule has 6 aromatic rings. The second-order valence-electron chi connectivity index (χ2n) is 12.7. The van der Waals surface area contributed by atoms with Crippen LogP contribution in [-0.4, -0.2) is 29.7 Å². The molecule has 55 heavy (non-hydrogen) atoms. The molecule has 0 aliphatic carbocycles. The molecule has 2 amide bonds. The van der Waals surface area contributed by atoms with Crippen LogP contribution in [0.2, 0.25) is 0 Å². The molecular formula is C46H44N2O7. The van der Waals surface area contributed by atoms with Crippen molar-refractivity contribution in [1.29, 1.82) is 0 Å². The molecule has 280 valence electrons. The van der Waals surface area contributed by atoms with Crippen LogP contribution in [0, 0.1) is 0 Å². The Hall–Kier alpha value is -6.58. The minimum absolute atomic E-state index is 0.134. The summed E-state index contributed by atoms with van der Waals surface area (Å²) >= 11 is 0. The number of hydrogen-bond donors (Lipinski definition) is 3. The second-order valence-corrected chi connectivity index (χ2v) is 12.7. The SMILES string of the molecule is O=C(NC(CCCO)NC(=O)c1cccc(OCc2ccccc2)c1OCc1ccccc1)c1cccc(OCc2ccccc2)c1OCc1ccccc1. The first-order valence-electron chi connectivity index (χ1n) is 18.2. The average Bonchev–Trinajstić information content (AvgIpc) is 3.24. The Morgan fingerprint density at radius 1 is 0.455 bits per heavy atom. The van der Waals surface area contributed by atoms with Crippen molar-refractivity contribution in [2.24, 2.45) is 0 Å². The fourth-order valence-electron chi connectivity index (χ4n) is 5.79. The van der Waals surface area contributed by atoms with Gasteiger partial charge in [0.15, 0.2) is 23.0 Å². The topological polar surface area (TPSA) is 115 Å². The first kappa shape index (κ1) is 38.2. The van der Waals surface area contributed by atoms with E-state index in [1.807, 2.05) is 121 Å². The van der Waals surface area contributed by atoms with Gasteiger partial charge in [0.1, 0.15) is 32.6 Å². The number of benzene rings is 6. The summed E-state index contributed by atoms with van der Waals surface area (Å²) in [5.74, 6) is 0.361. The molecule has 0 atom stereocenters. The largest absolute Gasteiger partial charge is 0.485 e. The summed E-state index contributed by atoms with van der Waals surface area (Å²) in [5.41, 5.74) is 4.21. The summed E-state index contributed by atoms with van der Waals surface area (Å²) in [7, 11) is 0. The van der Waals surface area contributed by atoms with Gasteiger partial charge in [-0.15, -0.1) is 0 Å². The number of carbonyl (C=O) groups is 2. The van der Waals surface area contributed by atoms with E-state index in [0.29, 0.717) is 17.9 Å². The van der Waals surface area contributed by atoms with Crippen molar-refractivity contribution in [3.63, 3.8) is 0 Å². The third-order valence-electron chi connectivity index (χ3n) is 8.63. The molecule has 0 heterocycles. The van der Waals surface area contributed by atoms with Crippen molar-refractivity contribution >= 4 is 11.8 Å². The van der Waals surface area contributed by atoms with Crippen molar-refractivity contribution in [2.45, 2.75) is 45.4 Å². The van der Waals surface area contributed by atoms with Gasteiger partial charge >= 0.3 is 0 Å². The van der Waals surface area contributed by atoms with Crippen LogP contribution in [0.4, 0.5) is 0 Å². The van der Waals surface area contributed by atoms with E-state index in [9.17, 15) is 14.7 Å². The van der Waals surface area contributed by atoms with Gasteiger partial charge in [0, 0.05) is 6.61 Å². The molecule has 0 aliphatic heterocycles. The second kappa shape index (κ2) is 20.0. The summed E-state index contributed by atoms with van der Waals surface area (Å²) in [6.45, 7) is 0.805. The standard InChI is InChI=1S/C46H44N2O7/c49-29-15-28-42(47-45(50)38-24-13-26-40(52-30-34-16-5-1-6-17-34)43(38)54-32-36-20-9-3-10-21-36)48-46(51)39-25-14-27-41(53-31-35-18-7-2-8-19-35)44(39)55-33-37-22-11-4-12-23-37/h1-14,16-27,42,49H,15,28-33H2,(H,47,50)(H,48,51). The fraction of sp³-hybridized carbons (Fsp3) is 0.174. The molecule has 0 saturated carbocycles. The zero-order valence-corrected chi connectivity index (χ0v) is 30.4. The van der Waals surface area contributed by atoms with Crippen LogP contribution in [0.25, 0.3) is 0 Å². The van der Waals surface area contributed by atoms with Crippen LogP contribution in [-0.2, 0) is 26.4 Å². The minimum atomic E-state index is -0.862. The molecule has 0 aromatic heterocycles. The van der Waals surface area contributed by atoms with E-state index in [1.165, 1.54) is 0 Å². The van der Waals surface area contributed by atoms with Gasteiger partial charge in [-0.25, -0.2) is 0 Å². The van der Waals surface area contributed by atoms with Gasteiger partial charge in [0.05, 0.1) is 11.1 Å². The molecule has 0 spiro atoms. The first-order valence-corrected chi connectivity index (χ1v) is 18.2. The maximum Gasteiger partial charge on any atom is 0.256 e. The van der Waals surface area contributed by atoms with Crippen LogP contribution in [0.15, 0.2) is 158 Å². The predicted molar refractivity (Wildman–Crippen MR) is 211 cm³/mol. The van der Waals surface area contributed by atoms with Crippen LogP contribution in [0.3, 0.4) is 0 Å².